The lowest BCUT2D eigenvalue weighted by molar-refractivity contribution is 0.174. The molecule has 0 radical (unpaired) electrons. The van der Waals surface area contributed by atoms with E-state index in [0.717, 1.165) is 27.8 Å². The molecule has 0 aliphatic carbocycles. The number of hydrogen-bond donors (Lipinski definition) is 0. The van der Waals surface area contributed by atoms with E-state index in [1.807, 2.05) is 28.1 Å². The van der Waals surface area contributed by atoms with Gasteiger partial charge in [0.1, 0.15) is 23.9 Å². The van der Waals surface area contributed by atoms with Crippen molar-refractivity contribution in [3.8, 4) is 45.8 Å². The number of imidazole rings is 1. The van der Waals surface area contributed by atoms with E-state index in [-0.39, 0.29) is 6.79 Å². The first-order valence-electron chi connectivity index (χ1n) is 7.83. The van der Waals surface area contributed by atoms with Crippen molar-refractivity contribution < 1.29 is 9.47 Å². The first-order valence-corrected chi connectivity index (χ1v) is 8.71. The fraction of sp³-hybridized carbons (Fsp3) is 0.176. The molecule has 0 bridgehead atoms. The minimum atomic E-state index is 0.254. The largest absolute Gasteiger partial charge is 0.454 e. The molecule has 2 aromatic heterocycles. The van der Waals surface area contributed by atoms with Gasteiger partial charge in [-0.3, -0.25) is 4.57 Å². The molecule has 2 aliphatic rings. The van der Waals surface area contributed by atoms with E-state index in [9.17, 15) is 0 Å². The molecule has 0 unspecified atom stereocenters. The number of rotatable bonds is 3. The van der Waals surface area contributed by atoms with Gasteiger partial charge in [0, 0.05) is 10.9 Å². The molecule has 26 heavy (non-hydrogen) atoms. The summed E-state index contributed by atoms with van der Waals surface area (Å²) in [4.78, 5) is 9.17. The van der Waals surface area contributed by atoms with Crippen LogP contribution in [0.25, 0.3) is 22.0 Å². The van der Waals surface area contributed by atoms with E-state index in [4.69, 9.17) is 20.9 Å². The van der Waals surface area contributed by atoms with Gasteiger partial charge in [-0.1, -0.05) is 11.1 Å². The molecule has 0 saturated carbocycles. The quantitative estimate of drug-likeness (QED) is 0.667. The van der Waals surface area contributed by atoms with Crippen LogP contribution in [0.2, 0.25) is 0 Å². The predicted octanol–water partition coefficient (Wildman–Crippen LogP) is 3.31. The summed E-state index contributed by atoms with van der Waals surface area (Å²) < 4.78 is 12.7. The third-order valence-electron chi connectivity index (χ3n) is 4.04. The second kappa shape index (κ2) is 5.86. The maximum atomic E-state index is 5.44. The minimum absolute atomic E-state index is 0.254. The summed E-state index contributed by atoms with van der Waals surface area (Å²) in [6.45, 7) is 1.18. The molecule has 1 aromatic carbocycles. The second-order valence-corrected chi connectivity index (χ2v) is 6.55. The van der Waals surface area contributed by atoms with Crippen LogP contribution in [0, 0.1) is 12.3 Å². The smallest absolute Gasteiger partial charge is 0.231 e. The molecule has 3 aromatic rings. The summed E-state index contributed by atoms with van der Waals surface area (Å²) in [5, 5.41) is 12.8. The molecule has 5 rings (SSSR count). The topological polar surface area (TPSA) is 77.1 Å². The summed E-state index contributed by atoms with van der Waals surface area (Å²) >= 11 is 1.51. The maximum Gasteiger partial charge on any atom is 0.231 e. The van der Waals surface area contributed by atoms with Gasteiger partial charge < -0.3 is 9.47 Å². The van der Waals surface area contributed by atoms with Gasteiger partial charge in [-0.2, -0.15) is 0 Å². The van der Waals surface area contributed by atoms with Gasteiger partial charge in [0.15, 0.2) is 17.3 Å². The Balaban J connectivity index is 1.46. The van der Waals surface area contributed by atoms with Crippen molar-refractivity contribution in [1.29, 1.82) is 0 Å². The van der Waals surface area contributed by atoms with Crippen LogP contribution in [0.15, 0.2) is 40.2 Å². The van der Waals surface area contributed by atoms with Crippen LogP contribution in [0.5, 0.6) is 11.5 Å². The highest BCUT2D eigenvalue weighted by Gasteiger charge is 2.21. The molecule has 0 saturated heterocycles. The molecule has 0 spiro atoms. The van der Waals surface area contributed by atoms with Gasteiger partial charge in [-0.15, -0.1) is 22.9 Å². The molecule has 8 nitrogen and oxygen atoms in total. The van der Waals surface area contributed by atoms with Gasteiger partial charge in [-0.25, -0.2) is 15.0 Å². The van der Waals surface area contributed by atoms with Gasteiger partial charge in [0.25, 0.3) is 0 Å². The first kappa shape index (κ1) is 14.9. The molecule has 128 valence electrons. The Kier molecular flexibility index (Phi) is 3.36. The van der Waals surface area contributed by atoms with E-state index in [1.165, 1.54) is 11.3 Å². The van der Waals surface area contributed by atoms with Crippen molar-refractivity contribution in [3.63, 3.8) is 0 Å². The van der Waals surface area contributed by atoms with Gasteiger partial charge in [0.05, 0.1) is 12.0 Å². The second-order valence-electron chi connectivity index (χ2n) is 5.69. The zero-order valence-electron chi connectivity index (χ0n) is 13.5. The summed E-state index contributed by atoms with van der Waals surface area (Å²) in [6, 6.07) is 5.79. The Bertz CT molecular complexity index is 1060. The van der Waals surface area contributed by atoms with E-state index < -0.39 is 0 Å². The summed E-state index contributed by atoms with van der Waals surface area (Å²) in [7, 11) is 0. The van der Waals surface area contributed by atoms with Gasteiger partial charge in [-0.05, 0) is 18.2 Å². The monoisotopic (exact) mass is 364 g/mol. The Morgan fingerprint density at radius 2 is 2.19 bits per heavy atom. The van der Waals surface area contributed by atoms with E-state index in [2.05, 4.69) is 21.2 Å². The van der Waals surface area contributed by atoms with Crippen molar-refractivity contribution in [3.05, 3.63) is 29.9 Å². The number of aromatic nitrogens is 3. The van der Waals surface area contributed by atoms with Crippen LogP contribution in [0.3, 0.4) is 0 Å². The van der Waals surface area contributed by atoms with E-state index in [0.29, 0.717) is 24.7 Å². The number of thiazole rings is 1. The van der Waals surface area contributed by atoms with Gasteiger partial charge in [0.2, 0.25) is 6.79 Å². The Morgan fingerprint density at radius 3 is 3.12 bits per heavy atom. The van der Waals surface area contributed by atoms with Crippen molar-refractivity contribution in [2.75, 3.05) is 13.3 Å². The molecular weight excluding hydrogens is 352 g/mol. The number of ether oxygens (including phenoxy) is 2. The van der Waals surface area contributed by atoms with Gasteiger partial charge >= 0.3 is 0 Å². The Morgan fingerprint density at radius 1 is 1.27 bits per heavy atom. The fourth-order valence-electron chi connectivity index (χ4n) is 2.80. The highest BCUT2D eigenvalue weighted by molar-refractivity contribution is 7.13. The zero-order valence-corrected chi connectivity index (χ0v) is 14.3. The summed E-state index contributed by atoms with van der Waals surface area (Å²) in [6.07, 6.45) is 7.05. The Hall–Kier alpha value is -3.38. The number of fused-ring (bicyclic) bond motifs is 2. The fourth-order valence-corrected chi connectivity index (χ4v) is 3.62. The standard InChI is InChI=1S/C17H12N6O2S/c1-2-5-23-9-22-8-18-15(16(22)20-21-23)17-19-12(7-26-17)11-3-4-13-14(6-11)25-10-24-13/h1,3-4,6-8H,5,9-10H2. The van der Waals surface area contributed by atoms with Crippen molar-refractivity contribution in [2.24, 2.45) is 10.3 Å². The Labute approximate surface area is 152 Å². The highest BCUT2D eigenvalue weighted by atomic mass is 32.1. The molecule has 2 aliphatic heterocycles. The van der Waals surface area contributed by atoms with Crippen molar-refractivity contribution >= 4 is 17.2 Å². The number of hydrogen-bond acceptors (Lipinski definition) is 8. The number of benzene rings is 1. The molecular formula is C17H12N6O2S. The van der Waals surface area contributed by atoms with Crippen molar-refractivity contribution in [1.82, 2.24) is 19.5 Å². The lowest BCUT2D eigenvalue weighted by Gasteiger charge is -2.19. The normalized spacial score (nSPS) is 14.3. The van der Waals surface area contributed by atoms with Crippen LogP contribution in [-0.4, -0.2) is 32.9 Å². The highest BCUT2D eigenvalue weighted by Crippen LogP contribution is 2.39. The molecule has 0 amide bonds. The van der Waals surface area contributed by atoms with Crippen LogP contribution in [0.1, 0.15) is 0 Å². The summed E-state index contributed by atoms with van der Waals surface area (Å²) in [5.74, 6) is 4.73. The van der Waals surface area contributed by atoms with E-state index in [1.54, 1.807) is 11.3 Å². The summed E-state index contributed by atoms with van der Waals surface area (Å²) in [5.41, 5.74) is 2.53. The average molecular weight is 364 g/mol. The van der Waals surface area contributed by atoms with Crippen LogP contribution < -0.4 is 9.47 Å². The van der Waals surface area contributed by atoms with Crippen LogP contribution >= 0.6 is 11.3 Å². The number of nitrogens with zero attached hydrogens (tertiary/aromatic N) is 6. The van der Waals surface area contributed by atoms with E-state index >= 15 is 0 Å². The maximum absolute atomic E-state index is 5.44. The molecule has 0 atom stereocenters. The molecule has 0 N–H and O–H groups in total. The third kappa shape index (κ3) is 2.39. The third-order valence-corrected chi connectivity index (χ3v) is 4.89. The number of terminal acetylenes is 1. The zero-order chi connectivity index (χ0) is 17.5. The lowest BCUT2D eigenvalue weighted by atomic mass is 10.1. The average Bonchev–Trinajstić information content (AvgIpc) is 3.39. The molecule has 9 heteroatoms. The molecule has 4 heterocycles. The molecule has 0 fully saturated rings. The van der Waals surface area contributed by atoms with Crippen molar-refractivity contribution in [2.45, 2.75) is 6.67 Å². The van der Waals surface area contributed by atoms with Crippen LogP contribution in [-0.2, 0) is 6.67 Å². The van der Waals surface area contributed by atoms with Crippen LogP contribution in [0.4, 0.5) is 5.82 Å². The lowest BCUT2D eigenvalue weighted by Crippen LogP contribution is -2.22. The first-order chi connectivity index (χ1) is 12.8. The minimum Gasteiger partial charge on any atom is -0.454 e. The SMILES string of the molecule is C#CCN1Cn2cnc(-c3nc(-c4ccc5c(c4)OCO5)cs3)c2N=N1. The predicted molar refractivity (Wildman–Crippen MR) is 94.9 cm³/mol.